The molecule has 0 aliphatic rings. The molecule has 226 valence electrons. The van der Waals surface area contributed by atoms with Crippen molar-refractivity contribution in [1.82, 2.24) is 5.32 Å². The lowest BCUT2D eigenvalue weighted by Gasteiger charge is -2.11. The van der Waals surface area contributed by atoms with Gasteiger partial charge >= 0.3 is 0 Å². The molecule has 4 aromatic carbocycles. The number of furan rings is 1. The van der Waals surface area contributed by atoms with E-state index in [9.17, 15) is 14.4 Å². The maximum atomic E-state index is 13.4. The van der Waals surface area contributed by atoms with E-state index >= 15 is 0 Å². The number of amides is 3. The SMILES string of the molecule is Cc1ccc(-c2ccc(/C=C(\NC(=O)c3ccccc3)C(=O)Nc3ccc(SCC(=O)Nc4ccc(Cl)cc4Cl)cc3)o2)cc1. The highest BCUT2D eigenvalue weighted by atomic mass is 35.5. The minimum Gasteiger partial charge on any atom is -0.457 e. The zero-order valence-electron chi connectivity index (χ0n) is 24.0. The summed E-state index contributed by atoms with van der Waals surface area (Å²) in [6.07, 6.45) is 1.49. The van der Waals surface area contributed by atoms with E-state index in [1.54, 1.807) is 78.9 Å². The van der Waals surface area contributed by atoms with Crippen molar-refractivity contribution in [3.63, 3.8) is 0 Å². The third-order valence-electron chi connectivity index (χ3n) is 6.47. The van der Waals surface area contributed by atoms with Crippen LogP contribution in [0.2, 0.25) is 10.0 Å². The summed E-state index contributed by atoms with van der Waals surface area (Å²) in [5.74, 6) is -0.0209. The minimum absolute atomic E-state index is 0.00430. The third-order valence-corrected chi connectivity index (χ3v) is 8.03. The number of carbonyl (C=O) groups excluding carboxylic acids is 3. The summed E-state index contributed by atoms with van der Waals surface area (Å²) in [5.41, 5.74) is 3.41. The van der Waals surface area contributed by atoms with Crippen molar-refractivity contribution in [2.24, 2.45) is 0 Å². The lowest BCUT2D eigenvalue weighted by molar-refractivity contribution is -0.114. The van der Waals surface area contributed by atoms with Gasteiger partial charge in [-0.25, -0.2) is 0 Å². The first-order valence-corrected chi connectivity index (χ1v) is 15.5. The summed E-state index contributed by atoms with van der Waals surface area (Å²) in [4.78, 5) is 39.6. The second-order valence-corrected chi connectivity index (χ2v) is 11.8. The number of anilines is 2. The molecule has 0 fully saturated rings. The maximum Gasteiger partial charge on any atom is 0.272 e. The Morgan fingerprint density at radius 1 is 0.822 bits per heavy atom. The third kappa shape index (κ3) is 8.89. The van der Waals surface area contributed by atoms with Crippen LogP contribution >= 0.6 is 35.0 Å². The Labute approximate surface area is 274 Å². The number of hydrogen-bond donors (Lipinski definition) is 3. The van der Waals surface area contributed by atoms with Crippen molar-refractivity contribution in [1.29, 1.82) is 0 Å². The molecule has 10 heteroatoms. The molecule has 0 saturated heterocycles. The fraction of sp³-hybridized carbons (Fsp3) is 0.0571. The van der Waals surface area contributed by atoms with Crippen molar-refractivity contribution in [3.8, 4) is 11.3 Å². The van der Waals surface area contributed by atoms with Gasteiger partial charge in [-0.15, -0.1) is 11.8 Å². The van der Waals surface area contributed by atoms with Gasteiger partial charge in [0.2, 0.25) is 5.91 Å². The van der Waals surface area contributed by atoms with Crippen LogP contribution in [-0.2, 0) is 9.59 Å². The normalized spacial score (nSPS) is 11.1. The molecular formula is C35H27Cl2N3O4S. The van der Waals surface area contributed by atoms with E-state index in [4.69, 9.17) is 27.6 Å². The molecule has 0 saturated carbocycles. The van der Waals surface area contributed by atoms with Crippen molar-refractivity contribution in [3.05, 3.63) is 142 Å². The summed E-state index contributed by atoms with van der Waals surface area (Å²) in [5, 5.41) is 9.13. The summed E-state index contributed by atoms with van der Waals surface area (Å²) in [6.45, 7) is 2.01. The first-order valence-electron chi connectivity index (χ1n) is 13.8. The van der Waals surface area contributed by atoms with Crippen LogP contribution in [0.5, 0.6) is 0 Å². The van der Waals surface area contributed by atoms with Gasteiger partial charge < -0.3 is 20.4 Å². The number of rotatable bonds is 10. The van der Waals surface area contributed by atoms with Gasteiger partial charge in [0.1, 0.15) is 17.2 Å². The molecule has 3 amide bonds. The Bertz CT molecular complexity index is 1850. The highest BCUT2D eigenvalue weighted by Crippen LogP contribution is 2.27. The topological polar surface area (TPSA) is 100 Å². The summed E-state index contributed by atoms with van der Waals surface area (Å²) < 4.78 is 5.98. The highest BCUT2D eigenvalue weighted by molar-refractivity contribution is 8.00. The maximum absolute atomic E-state index is 13.4. The molecule has 5 aromatic rings. The number of hydrogen-bond acceptors (Lipinski definition) is 5. The average Bonchev–Trinajstić information content (AvgIpc) is 3.51. The van der Waals surface area contributed by atoms with Crippen molar-refractivity contribution < 1.29 is 18.8 Å². The Kier molecular flexibility index (Phi) is 10.4. The van der Waals surface area contributed by atoms with E-state index in [0.29, 0.717) is 38.5 Å². The van der Waals surface area contributed by atoms with E-state index in [-0.39, 0.29) is 17.4 Å². The van der Waals surface area contributed by atoms with E-state index in [1.807, 2.05) is 37.3 Å². The van der Waals surface area contributed by atoms with E-state index in [0.717, 1.165) is 16.0 Å². The monoisotopic (exact) mass is 655 g/mol. The summed E-state index contributed by atoms with van der Waals surface area (Å²) >= 11 is 13.4. The molecule has 0 radical (unpaired) electrons. The van der Waals surface area contributed by atoms with Gasteiger partial charge in [0.15, 0.2) is 0 Å². The predicted molar refractivity (Wildman–Crippen MR) is 182 cm³/mol. The molecule has 0 aliphatic carbocycles. The minimum atomic E-state index is -0.535. The number of carbonyl (C=O) groups is 3. The highest BCUT2D eigenvalue weighted by Gasteiger charge is 2.17. The number of nitrogens with one attached hydrogen (secondary N) is 3. The standard InChI is InChI=1S/C35H27Cl2N3O4S/c1-22-7-9-23(10-8-22)32-18-14-27(44-32)20-31(40-34(42)24-5-3-2-4-6-24)35(43)38-26-12-15-28(16-13-26)45-21-33(41)39-30-17-11-25(36)19-29(30)37/h2-20H,21H2,1H3,(H,38,43)(H,39,41)(H,40,42)/b31-20-. The van der Waals surface area contributed by atoms with Crippen LogP contribution in [0, 0.1) is 6.92 Å². The quantitative estimate of drug-likeness (QED) is 0.103. The largest absolute Gasteiger partial charge is 0.457 e. The zero-order valence-corrected chi connectivity index (χ0v) is 26.3. The van der Waals surface area contributed by atoms with Gasteiger partial charge in [0.25, 0.3) is 11.8 Å². The van der Waals surface area contributed by atoms with Gasteiger partial charge in [0.05, 0.1) is 16.5 Å². The Morgan fingerprint density at radius 2 is 1.56 bits per heavy atom. The van der Waals surface area contributed by atoms with E-state index < -0.39 is 11.8 Å². The lowest BCUT2D eigenvalue weighted by Crippen LogP contribution is -2.30. The molecule has 0 spiro atoms. The van der Waals surface area contributed by atoms with Crippen molar-refractivity contribution in [2.45, 2.75) is 11.8 Å². The van der Waals surface area contributed by atoms with Crippen LogP contribution in [0.25, 0.3) is 17.4 Å². The molecule has 5 rings (SSSR count). The average molecular weight is 657 g/mol. The number of thioether (sulfide) groups is 1. The van der Waals surface area contributed by atoms with Gasteiger partial charge in [-0.1, -0.05) is 71.2 Å². The van der Waals surface area contributed by atoms with Crippen LogP contribution < -0.4 is 16.0 Å². The van der Waals surface area contributed by atoms with E-state index in [1.165, 1.54) is 17.8 Å². The van der Waals surface area contributed by atoms with Crippen molar-refractivity contribution >= 4 is 70.1 Å². The van der Waals surface area contributed by atoms with Crippen LogP contribution in [0.4, 0.5) is 11.4 Å². The molecule has 7 nitrogen and oxygen atoms in total. The number of halogens is 2. The van der Waals surface area contributed by atoms with Crippen molar-refractivity contribution in [2.75, 3.05) is 16.4 Å². The van der Waals surface area contributed by atoms with E-state index in [2.05, 4.69) is 16.0 Å². The molecule has 0 aliphatic heterocycles. The van der Waals surface area contributed by atoms with Gasteiger partial charge in [-0.2, -0.15) is 0 Å². The lowest BCUT2D eigenvalue weighted by atomic mass is 10.1. The summed E-state index contributed by atoms with van der Waals surface area (Å²) in [7, 11) is 0. The van der Waals surface area contributed by atoms with Crippen LogP contribution in [-0.4, -0.2) is 23.5 Å². The number of aryl methyl sites for hydroxylation is 1. The molecule has 3 N–H and O–H groups in total. The fourth-order valence-corrected chi connectivity index (χ4v) is 5.30. The molecule has 45 heavy (non-hydrogen) atoms. The second-order valence-electron chi connectivity index (χ2n) is 9.89. The Morgan fingerprint density at radius 3 is 2.27 bits per heavy atom. The molecule has 1 aromatic heterocycles. The predicted octanol–water partition coefficient (Wildman–Crippen LogP) is 8.70. The van der Waals surface area contributed by atoms with Gasteiger partial charge in [-0.05, 0) is 73.7 Å². The molecule has 1 heterocycles. The number of benzene rings is 4. The van der Waals surface area contributed by atoms with Crippen LogP contribution in [0.3, 0.4) is 0 Å². The Balaban J connectivity index is 1.26. The van der Waals surface area contributed by atoms with Crippen LogP contribution in [0.15, 0.2) is 124 Å². The zero-order chi connectivity index (χ0) is 31.8. The molecule has 0 atom stereocenters. The fourth-order valence-electron chi connectivity index (χ4n) is 4.15. The smallest absolute Gasteiger partial charge is 0.272 e. The molecule has 0 bridgehead atoms. The van der Waals surface area contributed by atoms with Gasteiger partial charge in [0, 0.05) is 32.8 Å². The molecular weight excluding hydrogens is 629 g/mol. The molecule has 0 unspecified atom stereocenters. The summed E-state index contributed by atoms with van der Waals surface area (Å²) in [6, 6.07) is 31.9. The van der Waals surface area contributed by atoms with Gasteiger partial charge in [-0.3, -0.25) is 14.4 Å². The first-order chi connectivity index (χ1) is 21.7. The first kappa shape index (κ1) is 31.7. The Hall–Kier alpha value is -4.76. The second kappa shape index (κ2) is 14.8. The van der Waals surface area contributed by atoms with Crippen LogP contribution in [0.1, 0.15) is 21.7 Å².